The lowest BCUT2D eigenvalue weighted by molar-refractivity contribution is -0.138. The average molecular weight is 848 g/mol. The topological polar surface area (TPSA) is 173 Å². The maximum Gasteiger partial charge on any atom is 0.421 e. The summed E-state index contributed by atoms with van der Waals surface area (Å²) < 4.78 is 71.4. The van der Waals surface area contributed by atoms with Gasteiger partial charge in [0.2, 0.25) is 17.8 Å². The highest BCUT2D eigenvalue weighted by Gasteiger charge is 2.39. The van der Waals surface area contributed by atoms with Crippen molar-refractivity contribution in [2.45, 2.75) is 94.0 Å². The number of piperazine rings is 1. The molecule has 2 amide bonds. The number of carbonyl (C=O) groups is 2. The lowest BCUT2D eigenvalue weighted by Crippen LogP contribution is -2.48. The first-order chi connectivity index (χ1) is 27.4. The Kier molecular flexibility index (Phi) is 12.2. The number of piperidine rings is 2. The van der Waals surface area contributed by atoms with Crippen molar-refractivity contribution in [3.63, 3.8) is 0 Å². The van der Waals surface area contributed by atoms with Crippen LogP contribution in [0.15, 0.2) is 41.7 Å². The Balaban J connectivity index is 0.891. The second kappa shape index (κ2) is 16.9. The van der Waals surface area contributed by atoms with Crippen molar-refractivity contribution in [2.24, 2.45) is 5.92 Å². The van der Waals surface area contributed by atoms with Gasteiger partial charge in [0, 0.05) is 75.2 Å². The van der Waals surface area contributed by atoms with Crippen molar-refractivity contribution >= 4 is 56.6 Å². The number of carbonyl (C=O) groups excluding carboxylic acids is 2. The number of anilines is 4. The van der Waals surface area contributed by atoms with E-state index in [1.54, 1.807) is 13.8 Å². The first kappa shape index (κ1) is 42.0. The summed E-state index contributed by atoms with van der Waals surface area (Å²) in [6.07, 6.45) is 2.16. The molecule has 0 spiro atoms. The van der Waals surface area contributed by atoms with Crippen LogP contribution in [-0.2, 0) is 25.8 Å². The largest absolute Gasteiger partial charge is 0.421 e. The molecule has 5 heterocycles. The molecule has 2 aromatic heterocycles. The molecular weight excluding hydrogens is 799 g/mol. The molecular formula is C39H49ClF3N9O5S. The number of rotatable bonds is 10. The predicted octanol–water partition coefficient (Wildman–Crippen LogP) is 5.13. The zero-order valence-corrected chi connectivity index (χ0v) is 34.1. The van der Waals surface area contributed by atoms with Crippen molar-refractivity contribution in [1.29, 1.82) is 0 Å². The molecule has 2 atom stereocenters. The number of benzene rings is 1. The summed E-state index contributed by atoms with van der Waals surface area (Å²) >= 11 is 6.63. The molecule has 314 valence electrons. The number of aryl methyl sites for hydroxylation is 1. The Labute approximate surface area is 341 Å². The monoisotopic (exact) mass is 847 g/mol. The van der Waals surface area contributed by atoms with E-state index in [9.17, 15) is 36.3 Å². The fourth-order valence-electron chi connectivity index (χ4n) is 8.49. The zero-order valence-electron chi connectivity index (χ0n) is 32.5. The number of pyridine rings is 1. The van der Waals surface area contributed by atoms with Gasteiger partial charge in [-0.15, -0.1) is 0 Å². The number of sulfonamides is 1. The van der Waals surface area contributed by atoms with E-state index >= 15 is 0 Å². The summed E-state index contributed by atoms with van der Waals surface area (Å²) in [4.78, 5) is 42.3. The Morgan fingerprint density at radius 1 is 1.00 bits per heavy atom. The first-order valence-corrected chi connectivity index (χ1v) is 21.6. The summed E-state index contributed by atoms with van der Waals surface area (Å²) in [6.45, 7) is 7.85. The minimum Gasteiger partial charge on any atom is -0.388 e. The van der Waals surface area contributed by atoms with E-state index in [-0.39, 0.29) is 41.2 Å². The number of nitrogens with zero attached hydrogens (tertiary/aromatic N) is 6. The molecule has 1 saturated carbocycles. The lowest BCUT2D eigenvalue weighted by Gasteiger charge is -2.39. The number of β-amino-alcohol motifs (C(OH)–C–C–N with tert-alkyl or cyclic N) is 1. The van der Waals surface area contributed by atoms with Gasteiger partial charge in [-0.2, -0.15) is 18.2 Å². The quantitative estimate of drug-likeness (QED) is 0.199. The van der Waals surface area contributed by atoms with Crippen LogP contribution in [0.2, 0.25) is 5.02 Å². The number of aliphatic hydroxyl groups is 1. The molecule has 0 bridgehead atoms. The van der Waals surface area contributed by atoms with Gasteiger partial charge in [0.25, 0.3) is 10.0 Å². The van der Waals surface area contributed by atoms with Gasteiger partial charge in [0.05, 0.1) is 23.4 Å². The van der Waals surface area contributed by atoms with Crippen LogP contribution in [0.25, 0.3) is 0 Å². The van der Waals surface area contributed by atoms with Gasteiger partial charge in [-0.3, -0.25) is 19.8 Å². The van der Waals surface area contributed by atoms with Crippen LogP contribution in [0.5, 0.6) is 0 Å². The third kappa shape index (κ3) is 9.84. The first-order valence-electron chi connectivity index (χ1n) is 19.7. The summed E-state index contributed by atoms with van der Waals surface area (Å²) in [5.41, 5.74) is 0.378. The predicted molar refractivity (Wildman–Crippen MR) is 213 cm³/mol. The molecule has 4 fully saturated rings. The molecule has 4 aliphatic rings. The maximum absolute atomic E-state index is 13.9. The van der Waals surface area contributed by atoms with Gasteiger partial charge in [0.15, 0.2) is 5.03 Å². The van der Waals surface area contributed by atoms with Crippen LogP contribution in [0.1, 0.15) is 80.9 Å². The SMILES string of the molecule is Cc1cc(S(=O)(=O)NC2CCC(CN3CCN(c4ccc(C5CCC(=O)NC5=O)c(Cl)c4)CC3)CC2)ncc1Nc1ncc(C(F)(F)F)c(N2CCC[C@](C)(O)C2)n1. The van der Waals surface area contributed by atoms with Gasteiger partial charge >= 0.3 is 6.18 Å². The normalized spacial score (nSPS) is 25.1. The van der Waals surface area contributed by atoms with Crippen LogP contribution in [0, 0.1) is 12.8 Å². The number of hydrogen-bond acceptors (Lipinski definition) is 12. The van der Waals surface area contributed by atoms with E-state index in [0.717, 1.165) is 56.8 Å². The molecule has 4 N–H and O–H groups in total. The van der Waals surface area contributed by atoms with Crippen LogP contribution in [-0.4, -0.2) is 103 Å². The Bertz CT molecular complexity index is 2130. The minimum absolute atomic E-state index is 0.0168. The summed E-state index contributed by atoms with van der Waals surface area (Å²) in [5.74, 6) is -1.01. The van der Waals surface area contributed by atoms with E-state index in [4.69, 9.17) is 11.6 Å². The van der Waals surface area contributed by atoms with Crippen LogP contribution < -0.4 is 25.2 Å². The van der Waals surface area contributed by atoms with Crippen molar-refractivity contribution in [3.8, 4) is 0 Å². The molecule has 1 unspecified atom stereocenters. The molecule has 7 rings (SSSR count). The molecule has 3 aromatic rings. The Morgan fingerprint density at radius 2 is 1.74 bits per heavy atom. The average Bonchev–Trinajstić information content (AvgIpc) is 3.16. The highest BCUT2D eigenvalue weighted by Crippen LogP contribution is 2.38. The maximum atomic E-state index is 13.9. The summed E-state index contributed by atoms with van der Waals surface area (Å²) in [5, 5.41) is 16.2. The fourth-order valence-corrected chi connectivity index (χ4v) is 10.1. The van der Waals surface area contributed by atoms with Crippen molar-refractivity contribution in [1.82, 2.24) is 29.9 Å². The van der Waals surface area contributed by atoms with E-state index in [2.05, 4.69) is 40.1 Å². The lowest BCUT2D eigenvalue weighted by atomic mass is 9.86. The summed E-state index contributed by atoms with van der Waals surface area (Å²) in [6, 6.07) is 6.95. The summed E-state index contributed by atoms with van der Waals surface area (Å²) in [7, 11) is -3.95. The number of hydrogen-bond donors (Lipinski definition) is 4. The standard InChI is InChI=1S/C39H49ClF3N9O5S/c1-24-18-34(44-21-32(24)46-37-45-20-30(39(41,42)43)35(48-37)52-13-3-12-38(2,55)23-52)58(56,57)49-26-6-4-25(5-7-26)22-50-14-16-51(17-15-50)27-8-9-28(31(40)19-27)29-10-11-33(53)47-36(29)54/h8-9,18-21,25-26,29,49,55H,3-7,10-17,22-23H2,1-2H3,(H,45,46,48)(H,47,53,54)/t25?,26?,29?,38-/m0/s1. The van der Waals surface area contributed by atoms with Gasteiger partial charge in [-0.25, -0.2) is 23.1 Å². The van der Waals surface area contributed by atoms with Gasteiger partial charge in [-0.05, 0) is 94.0 Å². The van der Waals surface area contributed by atoms with Crippen LogP contribution in [0.3, 0.4) is 0 Å². The smallest absolute Gasteiger partial charge is 0.388 e. The van der Waals surface area contributed by atoms with Gasteiger partial charge < -0.3 is 20.2 Å². The van der Waals surface area contributed by atoms with E-state index in [0.29, 0.717) is 73.5 Å². The zero-order chi connectivity index (χ0) is 41.4. The molecule has 0 radical (unpaired) electrons. The highest BCUT2D eigenvalue weighted by atomic mass is 35.5. The molecule has 58 heavy (non-hydrogen) atoms. The van der Waals surface area contributed by atoms with Crippen LogP contribution >= 0.6 is 11.6 Å². The van der Waals surface area contributed by atoms with Crippen molar-refractivity contribution in [3.05, 3.63) is 58.4 Å². The van der Waals surface area contributed by atoms with E-state index in [1.807, 2.05) is 18.2 Å². The molecule has 3 saturated heterocycles. The van der Waals surface area contributed by atoms with Crippen molar-refractivity contribution < 1.29 is 36.3 Å². The van der Waals surface area contributed by atoms with Crippen molar-refractivity contribution in [2.75, 3.05) is 60.9 Å². The Hall–Kier alpha value is -4.10. The second-order valence-corrected chi connectivity index (χ2v) is 18.3. The Morgan fingerprint density at radius 3 is 2.40 bits per heavy atom. The molecule has 1 aromatic carbocycles. The number of halogens is 4. The third-order valence-corrected chi connectivity index (χ3v) is 13.4. The molecule has 19 heteroatoms. The van der Waals surface area contributed by atoms with Crippen LogP contribution in [0.4, 0.5) is 36.3 Å². The molecule has 14 nitrogen and oxygen atoms in total. The van der Waals surface area contributed by atoms with Gasteiger partial charge in [-0.1, -0.05) is 17.7 Å². The fraction of sp³-hybridized carbons (Fsp3) is 0.564. The highest BCUT2D eigenvalue weighted by molar-refractivity contribution is 7.89. The second-order valence-electron chi connectivity index (χ2n) is 16.2. The number of aromatic nitrogens is 3. The number of nitrogens with one attached hydrogen (secondary N) is 3. The third-order valence-electron chi connectivity index (χ3n) is 11.7. The molecule has 1 aliphatic carbocycles. The van der Waals surface area contributed by atoms with E-state index < -0.39 is 33.3 Å². The van der Waals surface area contributed by atoms with E-state index in [1.165, 1.54) is 17.2 Å². The molecule has 3 aliphatic heterocycles. The number of alkyl halides is 3. The number of amides is 2. The minimum atomic E-state index is -4.71. The number of imide groups is 1. The van der Waals surface area contributed by atoms with Gasteiger partial charge in [0.1, 0.15) is 11.4 Å².